The molecule has 2 aliphatic rings. The van der Waals surface area contributed by atoms with E-state index in [4.69, 9.17) is 14.2 Å². The SMILES string of the molecule is COC(=O)C1CCN(C(=O)OC)C(Cn2cc3ccccc3c2)C1.COC(=O)N1CCC(C(=O)O)CC1Cn1cc2ccccc2c1. The normalized spacial score (nSPS) is 21.1. The third kappa shape index (κ3) is 7.87. The highest BCUT2D eigenvalue weighted by Crippen LogP contribution is 2.28. The second kappa shape index (κ2) is 15.1. The number of carbonyl (C=O) groups excluding carboxylic acids is 3. The van der Waals surface area contributed by atoms with Gasteiger partial charge in [0.15, 0.2) is 0 Å². The van der Waals surface area contributed by atoms with Crippen LogP contribution in [0.15, 0.2) is 73.3 Å². The smallest absolute Gasteiger partial charge is 0.409 e. The van der Waals surface area contributed by atoms with Crippen LogP contribution in [0.4, 0.5) is 9.59 Å². The van der Waals surface area contributed by atoms with Crippen molar-refractivity contribution in [3.05, 3.63) is 73.3 Å². The largest absolute Gasteiger partial charge is 0.481 e. The van der Waals surface area contributed by atoms with Gasteiger partial charge in [0.25, 0.3) is 0 Å². The Labute approximate surface area is 273 Å². The number of nitrogens with zero attached hydrogens (tertiary/aromatic N) is 4. The average molecular weight is 647 g/mol. The summed E-state index contributed by atoms with van der Waals surface area (Å²) in [6, 6.07) is 15.9. The molecule has 1 N–H and O–H groups in total. The lowest BCUT2D eigenvalue weighted by Gasteiger charge is -2.37. The Balaban J connectivity index is 0.000000185. The Morgan fingerprint density at radius 3 is 1.38 bits per heavy atom. The van der Waals surface area contributed by atoms with Crippen LogP contribution in [-0.4, -0.2) is 94.7 Å². The molecule has 4 heterocycles. The van der Waals surface area contributed by atoms with Gasteiger partial charge in [-0.1, -0.05) is 48.5 Å². The number of methoxy groups -OCH3 is 3. The fourth-order valence-electron chi connectivity index (χ4n) is 6.75. The minimum absolute atomic E-state index is 0.0999. The summed E-state index contributed by atoms with van der Waals surface area (Å²) >= 11 is 0. The minimum atomic E-state index is -0.794. The van der Waals surface area contributed by atoms with Gasteiger partial charge in [-0.2, -0.15) is 0 Å². The van der Waals surface area contributed by atoms with E-state index >= 15 is 0 Å². The van der Waals surface area contributed by atoms with E-state index in [2.05, 4.69) is 29.1 Å². The summed E-state index contributed by atoms with van der Waals surface area (Å²) in [6.45, 7) is 2.10. The van der Waals surface area contributed by atoms with Gasteiger partial charge >= 0.3 is 24.1 Å². The fraction of sp³-hybridized carbons (Fsp3) is 0.429. The van der Waals surface area contributed by atoms with Crippen molar-refractivity contribution in [2.75, 3.05) is 34.4 Å². The number of hydrogen-bond acceptors (Lipinski definition) is 7. The summed E-state index contributed by atoms with van der Waals surface area (Å²) in [4.78, 5) is 50.6. The molecule has 12 heteroatoms. The van der Waals surface area contributed by atoms with Crippen LogP contribution in [0.5, 0.6) is 0 Å². The number of esters is 1. The first-order chi connectivity index (χ1) is 22.7. The molecule has 2 saturated heterocycles. The molecule has 12 nitrogen and oxygen atoms in total. The number of ether oxygens (including phenoxy) is 3. The quantitative estimate of drug-likeness (QED) is 0.222. The molecule has 2 aromatic heterocycles. The number of rotatable bonds is 6. The Hall–Kier alpha value is -5.00. The number of aromatic nitrogens is 2. The van der Waals surface area contributed by atoms with E-state index in [-0.39, 0.29) is 30.1 Å². The van der Waals surface area contributed by atoms with E-state index in [1.54, 1.807) is 9.80 Å². The maximum Gasteiger partial charge on any atom is 0.409 e. The molecule has 4 atom stereocenters. The molecule has 0 aliphatic carbocycles. The summed E-state index contributed by atoms with van der Waals surface area (Å²) in [5.41, 5.74) is 0. The third-order valence-corrected chi connectivity index (χ3v) is 9.19. The van der Waals surface area contributed by atoms with Crippen molar-refractivity contribution < 1.29 is 38.5 Å². The molecule has 0 bridgehead atoms. The maximum absolute atomic E-state index is 12.1. The fourth-order valence-corrected chi connectivity index (χ4v) is 6.75. The molecule has 6 rings (SSSR count). The molecule has 4 unspecified atom stereocenters. The molecule has 2 aromatic carbocycles. The molecule has 2 fully saturated rings. The highest BCUT2D eigenvalue weighted by Gasteiger charge is 2.37. The van der Waals surface area contributed by atoms with Crippen LogP contribution in [0.2, 0.25) is 0 Å². The van der Waals surface area contributed by atoms with E-state index in [0.29, 0.717) is 51.9 Å². The first-order valence-electron chi connectivity index (χ1n) is 15.8. The number of piperidine rings is 2. The van der Waals surface area contributed by atoms with Gasteiger partial charge in [-0.15, -0.1) is 0 Å². The van der Waals surface area contributed by atoms with Crippen LogP contribution < -0.4 is 0 Å². The van der Waals surface area contributed by atoms with Gasteiger partial charge in [0.05, 0.1) is 45.2 Å². The van der Waals surface area contributed by atoms with Crippen LogP contribution in [0.25, 0.3) is 21.5 Å². The highest BCUT2D eigenvalue weighted by atomic mass is 16.5. The number of carboxylic acid groups (broad SMARTS) is 1. The zero-order valence-electron chi connectivity index (χ0n) is 27.0. The van der Waals surface area contributed by atoms with Crippen molar-refractivity contribution in [1.82, 2.24) is 18.9 Å². The van der Waals surface area contributed by atoms with Crippen LogP contribution in [0.1, 0.15) is 25.7 Å². The van der Waals surface area contributed by atoms with Crippen LogP contribution in [-0.2, 0) is 36.9 Å². The average Bonchev–Trinajstić information content (AvgIpc) is 3.70. The summed E-state index contributed by atoms with van der Waals surface area (Å²) in [5, 5.41) is 13.8. The van der Waals surface area contributed by atoms with Crippen LogP contribution in [0, 0.1) is 11.8 Å². The molecular weight excluding hydrogens is 604 g/mol. The predicted octanol–water partition coefficient (Wildman–Crippen LogP) is 5.23. The van der Waals surface area contributed by atoms with Crippen molar-refractivity contribution in [2.45, 2.75) is 50.9 Å². The molecule has 2 amide bonds. The molecule has 0 spiro atoms. The molecular formula is C35H42N4O8. The zero-order chi connectivity index (χ0) is 33.5. The number of aliphatic carboxylic acids is 1. The first-order valence-corrected chi connectivity index (χ1v) is 15.8. The Bertz CT molecular complexity index is 1650. The van der Waals surface area contributed by atoms with Crippen molar-refractivity contribution in [3.63, 3.8) is 0 Å². The molecule has 250 valence electrons. The summed E-state index contributed by atoms with van der Waals surface area (Å²) in [7, 11) is 4.14. The van der Waals surface area contributed by atoms with Gasteiger partial charge in [-0.3, -0.25) is 9.59 Å². The van der Waals surface area contributed by atoms with Gasteiger partial charge < -0.3 is 38.3 Å². The second-order valence-corrected chi connectivity index (χ2v) is 12.1. The third-order valence-electron chi connectivity index (χ3n) is 9.19. The molecule has 2 aliphatic heterocycles. The number of carbonyl (C=O) groups is 4. The topological polar surface area (TPSA) is 133 Å². The van der Waals surface area contributed by atoms with Crippen molar-refractivity contribution in [2.24, 2.45) is 11.8 Å². The maximum atomic E-state index is 12.1. The molecule has 47 heavy (non-hydrogen) atoms. The van der Waals surface area contributed by atoms with Crippen molar-refractivity contribution >= 4 is 45.7 Å². The van der Waals surface area contributed by atoms with Crippen molar-refractivity contribution in [1.29, 1.82) is 0 Å². The number of amides is 2. The number of likely N-dealkylation sites (tertiary alicyclic amines) is 2. The van der Waals surface area contributed by atoms with E-state index < -0.39 is 18.0 Å². The van der Waals surface area contributed by atoms with Gasteiger partial charge in [0.2, 0.25) is 0 Å². The summed E-state index contributed by atoms with van der Waals surface area (Å²) in [6.07, 6.45) is 9.52. The number of carboxylic acids is 1. The predicted molar refractivity (Wildman–Crippen MR) is 175 cm³/mol. The van der Waals surface area contributed by atoms with E-state index in [1.165, 1.54) is 21.3 Å². The minimum Gasteiger partial charge on any atom is -0.481 e. The first kappa shape index (κ1) is 33.4. The lowest BCUT2D eigenvalue weighted by atomic mass is 9.91. The zero-order valence-corrected chi connectivity index (χ0v) is 27.0. The highest BCUT2D eigenvalue weighted by molar-refractivity contribution is 5.83. The number of benzene rings is 2. The van der Waals surface area contributed by atoms with Crippen LogP contribution in [0.3, 0.4) is 0 Å². The van der Waals surface area contributed by atoms with E-state index in [9.17, 15) is 24.3 Å². The standard InChI is InChI=1S/C18H22N2O4.C17H20N2O4/c1-23-17(21)13-7-8-20(18(22)24-2)16(9-13)12-19-10-14-5-3-4-6-15(14)11-19;1-23-17(22)19-7-6-12(16(20)21)8-15(19)11-18-9-13-4-2-3-5-14(13)10-18/h3-6,10-11,13,16H,7-9,12H2,1-2H3;2-5,9-10,12,15H,6-8,11H2,1H3,(H,20,21). The molecule has 0 radical (unpaired) electrons. The van der Waals surface area contributed by atoms with Crippen LogP contribution >= 0.6 is 0 Å². The van der Waals surface area contributed by atoms with E-state index in [1.807, 2.05) is 53.4 Å². The van der Waals surface area contributed by atoms with Gasteiger partial charge in [0.1, 0.15) is 0 Å². The summed E-state index contributed by atoms with van der Waals surface area (Å²) in [5.74, 6) is -1.59. The Morgan fingerprint density at radius 2 is 1.02 bits per heavy atom. The van der Waals surface area contributed by atoms with Gasteiger partial charge in [-0.05, 0) is 47.2 Å². The number of fused-ring (bicyclic) bond motifs is 2. The van der Waals surface area contributed by atoms with E-state index in [0.717, 1.165) is 21.5 Å². The van der Waals surface area contributed by atoms with Gasteiger partial charge in [0, 0.05) is 51.0 Å². The lowest BCUT2D eigenvalue weighted by Crippen LogP contribution is -2.49. The Morgan fingerprint density at radius 1 is 0.638 bits per heavy atom. The second-order valence-electron chi connectivity index (χ2n) is 12.1. The summed E-state index contributed by atoms with van der Waals surface area (Å²) < 4.78 is 18.7. The van der Waals surface area contributed by atoms with Crippen molar-refractivity contribution in [3.8, 4) is 0 Å². The number of hydrogen-bond donors (Lipinski definition) is 1. The monoisotopic (exact) mass is 646 g/mol. The Kier molecular flexibility index (Phi) is 10.7. The lowest BCUT2D eigenvalue weighted by molar-refractivity contribution is -0.148. The van der Waals surface area contributed by atoms with Gasteiger partial charge in [-0.25, -0.2) is 9.59 Å². The molecule has 4 aromatic rings. The molecule has 0 saturated carbocycles.